The highest BCUT2D eigenvalue weighted by atomic mass is 16.5. The maximum atomic E-state index is 11.9. The molecule has 22 heavy (non-hydrogen) atoms. The Labute approximate surface area is 131 Å². The second kappa shape index (κ2) is 6.32. The van der Waals surface area contributed by atoms with E-state index in [1.165, 1.54) is 11.1 Å². The second-order valence-electron chi connectivity index (χ2n) is 5.98. The summed E-state index contributed by atoms with van der Waals surface area (Å²) in [7, 11) is 0. The monoisotopic (exact) mass is 295 g/mol. The van der Waals surface area contributed by atoms with Crippen molar-refractivity contribution < 1.29 is 9.53 Å². The van der Waals surface area contributed by atoms with Crippen molar-refractivity contribution in [3.8, 4) is 0 Å². The van der Waals surface area contributed by atoms with Crippen LogP contribution >= 0.6 is 0 Å². The summed E-state index contributed by atoms with van der Waals surface area (Å²) >= 11 is 0. The molecule has 2 aromatic carbocycles. The van der Waals surface area contributed by atoms with Gasteiger partial charge in [-0.3, -0.25) is 4.79 Å². The lowest BCUT2D eigenvalue weighted by Gasteiger charge is -2.33. The van der Waals surface area contributed by atoms with Gasteiger partial charge < -0.3 is 10.5 Å². The van der Waals surface area contributed by atoms with Crippen molar-refractivity contribution in [3.05, 3.63) is 71.8 Å². The van der Waals surface area contributed by atoms with Crippen LogP contribution in [0.2, 0.25) is 0 Å². The summed E-state index contributed by atoms with van der Waals surface area (Å²) in [5.74, 6) is -0.503. The molecule has 1 aliphatic rings. The van der Waals surface area contributed by atoms with Crippen molar-refractivity contribution in [3.63, 3.8) is 0 Å². The summed E-state index contributed by atoms with van der Waals surface area (Å²) in [5.41, 5.74) is 7.47. The van der Waals surface area contributed by atoms with E-state index in [1.54, 1.807) is 0 Å². The molecule has 3 rings (SSSR count). The summed E-state index contributed by atoms with van der Waals surface area (Å²) < 4.78 is 6.12. The van der Waals surface area contributed by atoms with E-state index < -0.39 is 5.60 Å². The topological polar surface area (TPSA) is 52.3 Å². The smallest absolute Gasteiger partial charge is 0.223 e. The van der Waals surface area contributed by atoms with Gasteiger partial charge in [-0.2, -0.15) is 0 Å². The Morgan fingerprint density at radius 2 is 1.50 bits per heavy atom. The maximum Gasteiger partial charge on any atom is 0.223 e. The highest BCUT2D eigenvalue weighted by Crippen LogP contribution is 2.38. The fourth-order valence-corrected chi connectivity index (χ4v) is 3.44. The van der Waals surface area contributed by atoms with Crippen molar-refractivity contribution in [2.45, 2.75) is 24.9 Å². The Bertz CT molecular complexity index is 583. The third-order valence-electron chi connectivity index (χ3n) is 4.47. The van der Waals surface area contributed by atoms with Crippen LogP contribution < -0.4 is 5.73 Å². The largest absolute Gasteiger partial charge is 0.373 e. The molecule has 1 fully saturated rings. The van der Waals surface area contributed by atoms with Crippen LogP contribution in [0.15, 0.2) is 60.7 Å². The fraction of sp³-hybridized carbons (Fsp3) is 0.316. The molecule has 1 aliphatic heterocycles. The molecule has 1 amide bonds. The van der Waals surface area contributed by atoms with Gasteiger partial charge in [-0.25, -0.2) is 0 Å². The molecule has 3 heteroatoms. The van der Waals surface area contributed by atoms with E-state index in [4.69, 9.17) is 10.5 Å². The minimum Gasteiger partial charge on any atom is -0.373 e. The van der Waals surface area contributed by atoms with E-state index >= 15 is 0 Å². The van der Waals surface area contributed by atoms with Gasteiger partial charge in [0, 0.05) is 19.4 Å². The first kappa shape index (κ1) is 14.8. The Morgan fingerprint density at radius 1 is 1.00 bits per heavy atom. The van der Waals surface area contributed by atoms with Gasteiger partial charge in [0.15, 0.2) is 0 Å². The number of benzene rings is 2. The minimum absolute atomic E-state index is 0.243. The Balaban J connectivity index is 1.93. The average Bonchev–Trinajstić information content (AvgIpc) is 2.92. The normalized spacial score (nSPS) is 19.9. The van der Waals surface area contributed by atoms with E-state index in [9.17, 15) is 4.79 Å². The molecule has 1 atom stereocenters. The standard InChI is InChI=1S/C19H21NO2/c20-18(21)17-11-12-22-19(17,13-15-7-3-1-4-8-15)14-16-9-5-2-6-10-16/h1-10,17H,11-14H2,(H2,20,21). The van der Waals surface area contributed by atoms with E-state index in [0.29, 0.717) is 25.9 Å². The predicted molar refractivity (Wildman–Crippen MR) is 86.3 cm³/mol. The SMILES string of the molecule is NC(=O)C1CCOC1(Cc1ccccc1)Cc1ccccc1. The molecule has 2 aromatic rings. The molecule has 2 N–H and O–H groups in total. The van der Waals surface area contributed by atoms with Crippen LogP contribution in [0.1, 0.15) is 17.5 Å². The van der Waals surface area contributed by atoms with Crippen molar-refractivity contribution >= 4 is 5.91 Å². The number of hydrogen-bond donors (Lipinski definition) is 1. The van der Waals surface area contributed by atoms with Crippen LogP contribution in [0.4, 0.5) is 0 Å². The first-order chi connectivity index (χ1) is 10.7. The lowest BCUT2D eigenvalue weighted by atomic mass is 9.77. The molecule has 0 bridgehead atoms. The third-order valence-corrected chi connectivity index (χ3v) is 4.47. The van der Waals surface area contributed by atoms with Gasteiger partial charge in [0.1, 0.15) is 0 Å². The molecular weight excluding hydrogens is 274 g/mol. The van der Waals surface area contributed by atoms with Crippen LogP contribution in [-0.2, 0) is 22.4 Å². The number of carbonyl (C=O) groups is 1. The van der Waals surface area contributed by atoms with Gasteiger partial charge in [-0.1, -0.05) is 60.7 Å². The molecule has 3 nitrogen and oxygen atoms in total. The number of hydrogen-bond acceptors (Lipinski definition) is 2. The summed E-state index contributed by atoms with van der Waals surface area (Å²) in [5, 5.41) is 0. The summed E-state index contributed by atoms with van der Waals surface area (Å²) in [6.45, 7) is 0.591. The Morgan fingerprint density at radius 3 is 1.95 bits per heavy atom. The van der Waals surface area contributed by atoms with Crippen LogP contribution in [0.25, 0.3) is 0 Å². The maximum absolute atomic E-state index is 11.9. The molecular formula is C19H21NO2. The van der Waals surface area contributed by atoms with Crippen molar-refractivity contribution in [2.75, 3.05) is 6.61 Å². The van der Waals surface area contributed by atoms with Crippen molar-refractivity contribution in [1.82, 2.24) is 0 Å². The average molecular weight is 295 g/mol. The third kappa shape index (κ3) is 3.04. The lowest BCUT2D eigenvalue weighted by Crippen LogP contribution is -2.46. The fourth-order valence-electron chi connectivity index (χ4n) is 3.44. The summed E-state index contributed by atoms with van der Waals surface area (Å²) in [4.78, 5) is 11.9. The molecule has 1 saturated heterocycles. The first-order valence-electron chi connectivity index (χ1n) is 7.71. The van der Waals surface area contributed by atoms with Gasteiger partial charge in [-0.05, 0) is 17.5 Å². The van der Waals surface area contributed by atoms with Gasteiger partial charge >= 0.3 is 0 Å². The highest BCUT2D eigenvalue weighted by Gasteiger charge is 2.47. The van der Waals surface area contributed by atoms with Gasteiger partial charge in [0.2, 0.25) is 5.91 Å². The highest BCUT2D eigenvalue weighted by molar-refractivity contribution is 5.78. The lowest BCUT2D eigenvalue weighted by molar-refractivity contribution is -0.128. The molecule has 1 unspecified atom stereocenters. The Hall–Kier alpha value is -2.13. The number of primary amides is 1. The predicted octanol–water partition coefficient (Wildman–Crippen LogP) is 2.73. The zero-order valence-electron chi connectivity index (χ0n) is 12.6. The van der Waals surface area contributed by atoms with Crippen LogP contribution in [0, 0.1) is 5.92 Å². The Kier molecular flexibility index (Phi) is 4.25. The summed E-state index contributed by atoms with van der Waals surface area (Å²) in [6, 6.07) is 20.3. The molecule has 0 aliphatic carbocycles. The van der Waals surface area contributed by atoms with Gasteiger partial charge in [-0.15, -0.1) is 0 Å². The van der Waals surface area contributed by atoms with Crippen LogP contribution in [0.3, 0.4) is 0 Å². The zero-order chi connectivity index (χ0) is 15.4. The number of carbonyl (C=O) groups excluding carboxylic acids is 1. The molecule has 0 aromatic heterocycles. The molecule has 0 saturated carbocycles. The van der Waals surface area contributed by atoms with Crippen LogP contribution in [0.5, 0.6) is 0 Å². The van der Waals surface area contributed by atoms with E-state index in [0.717, 1.165) is 0 Å². The van der Waals surface area contributed by atoms with Crippen molar-refractivity contribution in [1.29, 1.82) is 0 Å². The van der Waals surface area contributed by atoms with Gasteiger partial charge in [0.05, 0.1) is 11.5 Å². The van der Waals surface area contributed by atoms with E-state index in [2.05, 4.69) is 24.3 Å². The zero-order valence-corrected chi connectivity index (χ0v) is 12.6. The second-order valence-corrected chi connectivity index (χ2v) is 5.98. The van der Waals surface area contributed by atoms with E-state index in [-0.39, 0.29) is 11.8 Å². The number of nitrogens with two attached hydrogens (primary N) is 1. The summed E-state index contributed by atoms with van der Waals surface area (Å²) in [6.07, 6.45) is 2.11. The number of rotatable bonds is 5. The number of ether oxygens (including phenoxy) is 1. The number of amides is 1. The van der Waals surface area contributed by atoms with Crippen LogP contribution in [-0.4, -0.2) is 18.1 Å². The van der Waals surface area contributed by atoms with Gasteiger partial charge in [0.25, 0.3) is 0 Å². The van der Waals surface area contributed by atoms with E-state index in [1.807, 2.05) is 36.4 Å². The first-order valence-corrected chi connectivity index (χ1v) is 7.71. The van der Waals surface area contributed by atoms with Crippen molar-refractivity contribution in [2.24, 2.45) is 11.7 Å². The molecule has 0 spiro atoms. The quantitative estimate of drug-likeness (QED) is 0.922. The molecule has 1 heterocycles. The molecule has 114 valence electrons. The minimum atomic E-state index is -0.533. The molecule has 0 radical (unpaired) electrons.